The minimum Gasteiger partial charge on any atom is -0.358 e. The van der Waals surface area contributed by atoms with Crippen molar-refractivity contribution in [1.82, 2.24) is 5.32 Å². The quantitative estimate of drug-likeness (QED) is 0.678. The number of rotatable bonds is 5. The molecule has 8 heteroatoms. The number of barbiturate groups is 1. The predicted octanol–water partition coefficient (Wildman–Crippen LogP) is 2.78. The highest BCUT2D eigenvalue weighted by Gasteiger charge is 2.43. The highest BCUT2D eigenvalue weighted by Crippen LogP contribution is 2.27. The van der Waals surface area contributed by atoms with Crippen molar-refractivity contribution in [3.8, 4) is 0 Å². The molecule has 29 heavy (non-hydrogen) atoms. The summed E-state index contributed by atoms with van der Waals surface area (Å²) in [7, 11) is 0. The molecule has 0 unspecified atom stereocenters. The SMILES string of the molecule is C=C(Nc1ccc(NC(C)=O)cc1)[C@@H]1C(=O)NC(=O)N(c2ccccc2C)C1=O. The van der Waals surface area contributed by atoms with Crippen LogP contribution >= 0.6 is 0 Å². The molecule has 0 radical (unpaired) electrons. The molecule has 0 aliphatic carbocycles. The maximum absolute atomic E-state index is 13.0. The standard InChI is InChI=1S/C21H20N4O4/c1-12-6-4-5-7-17(12)25-20(28)18(19(27)24-21(25)29)13(2)22-15-8-10-16(11-9-15)23-14(3)26/h4-11,18,22H,2H2,1,3H3,(H,23,26)(H,24,27,29)/t18-/m1/s1. The number of amides is 5. The molecule has 3 rings (SSSR count). The zero-order valence-corrected chi connectivity index (χ0v) is 16.0. The fraction of sp³-hybridized carbons (Fsp3) is 0.143. The first-order valence-electron chi connectivity index (χ1n) is 8.86. The fourth-order valence-corrected chi connectivity index (χ4v) is 3.02. The van der Waals surface area contributed by atoms with Crippen molar-refractivity contribution in [2.75, 3.05) is 15.5 Å². The molecule has 1 saturated heterocycles. The van der Waals surface area contributed by atoms with Gasteiger partial charge >= 0.3 is 6.03 Å². The number of nitrogens with one attached hydrogen (secondary N) is 3. The Morgan fingerprint density at radius 1 is 1.00 bits per heavy atom. The molecule has 1 heterocycles. The summed E-state index contributed by atoms with van der Waals surface area (Å²) >= 11 is 0. The van der Waals surface area contributed by atoms with Crippen molar-refractivity contribution >= 4 is 40.8 Å². The van der Waals surface area contributed by atoms with E-state index in [1.807, 2.05) is 0 Å². The topological polar surface area (TPSA) is 108 Å². The second-order valence-electron chi connectivity index (χ2n) is 6.60. The number of anilines is 3. The van der Waals surface area contributed by atoms with Crippen LogP contribution in [0.25, 0.3) is 0 Å². The van der Waals surface area contributed by atoms with Crippen molar-refractivity contribution in [3.05, 3.63) is 66.4 Å². The molecule has 1 fully saturated rings. The second-order valence-corrected chi connectivity index (χ2v) is 6.60. The van der Waals surface area contributed by atoms with E-state index in [1.165, 1.54) is 6.92 Å². The van der Waals surface area contributed by atoms with Crippen LogP contribution in [0.15, 0.2) is 60.8 Å². The van der Waals surface area contributed by atoms with Gasteiger partial charge in [0.2, 0.25) is 11.8 Å². The average molecular weight is 392 g/mol. The number of nitrogens with zero attached hydrogens (tertiary/aromatic N) is 1. The molecule has 5 amide bonds. The minimum absolute atomic E-state index is 0.130. The Hall–Kier alpha value is -3.94. The van der Waals surface area contributed by atoms with Crippen LogP contribution in [-0.4, -0.2) is 23.8 Å². The van der Waals surface area contributed by atoms with Gasteiger partial charge in [-0.2, -0.15) is 0 Å². The summed E-state index contributed by atoms with van der Waals surface area (Å²) < 4.78 is 0. The van der Waals surface area contributed by atoms with Crippen molar-refractivity contribution in [2.45, 2.75) is 13.8 Å². The fourth-order valence-electron chi connectivity index (χ4n) is 3.02. The Morgan fingerprint density at radius 3 is 2.17 bits per heavy atom. The van der Waals surface area contributed by atoms with Crippen molar-refractivity contribution in [1.29, 1.82) is 0 Å². The number of hydrogen-bond acceptors (Lipinski definition) is 5. The van der Waals surface area contributed by atoms with Gasteiger partial charge < -0.3 is 10.6 Å². The van der Waals surface area contributed by atoms with Crippen LogP contribution < -0.4 is 20.9 Å². The smallest absolute Gasteiger partial charge is 0.335 e. The number of carbonyl (C=O) groups is 4. The van der Waals surface area contributed by atoms with E-state index in [2.05, 4.69) is 22.5 Å². The number of hydrogen-bond donors (Lipinski definition) is 3. The van der Waals surface area contributed by atoms with Gasteiger partial charge in [-0.1, -0.05) is 24.8 Å². The first-order valence-corrected chi connectivity index (χ1v) is 8.86. The number of urea groups is 1. The number of aryl methyl sites for hydroxylation is 1. The largest absolute Gasteiger partial charge is 0.358 e. The summed E-state index contributed by atoms with van der Waals surface area (Å²) in [4.78, 5) is 49.7. The molecular formula is C21H20N4O4. The van der Waals surface area contributed by atoms with Crippen LogP contribution in [-0.2, 0) is 14.4 Å². The van der Waals surface area contributed by atoms with Gasteiger partial charge in [0.1, 0.15) is 0 Å². The van der Waals surface area contributed by atoms with Crippen molar-refractivity contribution < 1.29 is 19.2 Å². The third-order valence-electron chi connectivity index (χ3n) is 4.38. The Bertz CT molecular complexity index is 1010. The van der Waals surface area contributed by atoms with Crippen LogP contribution in [0.3, 0.4) is 0 Å². The summed E-state index contributed by atoms with van der Waals surface area (Å²) in [6, 6.07) is 12.8. The van der Waals surface area contributed by atoms with E-state index in [1.54, 1.807) is 55.5 Å². The lowest BCUT2D eigenvalue weighted by molar-refractivity contribution is -0.132. The van der Waals surface area contributed by atoms with Crippen molar-refractivity contribution in [2.24, 2.45) is 5.92 Å². The number of carbonyl (C=O) groups excluding carboxylic acids is 4. The van der Waals surface area contributed by atoms with Gasteiger partial charge in [-0.3, -0.25) is 19.7 Å². The Morgan fingerprint density at radius 2 is 1.59 bits per heavy atom. The van der Waals surface area contributed by atoms with E-state index < -0.39 is 23.8 Å². The third kappa shape index (κ3) is 4.16. The molecule has 2 aromatic rings. The predicted molar refractivity (Wildman–Crippen MR) is 109 cm³/mol. The Balaban J connectivity index is 1.81. The molecule has 2 aromatic carbocycles. The van der Waals surface area contributed by atoms with Gasteiger partial charge in [-0.15, -0.1) is 0 Å². The van der Waals surface area contributed by atoms with Gasteiger partial charge in [0.15, 0.2) is 5.92 Å². The molecule has 0 bridgehead atoms. The van der Waals surface area contributed by atoms with E-state index in [9.17, 15) is 19.2 Å². The summed E-state index contributed by atoms with van der Waals surface area (Å²) in [6.45, 7) is 6.99. The minimum atomic E-state index is -1.28. The first kappa shape index (κ1) is 19.8. The van der Waals surface area contributed by atoms with Gasteiger partial charge in [0, 0.05) is 24.0 Å². The number of benzene rings is 2. The summed E-state index contributed by atoms with van der Waals surface area (Å²) in [5.41, 5.74) is 2.43. The van der Waals surface area contributed by atoms with E-state index >= 15 is 0 Å². The lowest BCUT2D eigenvalue weighted by atomic mass is 10.00. The molecule has 1 aliphatic heterocycles. The van der Waals surface area contributed by atoms with Crippen LogP contribution in [0.2, 0.25) is 0 Å². The molecule has 8 nitrogen and oxygen atoms in total. The highest BCUT2D eigenvalue weighted by atomic mass is 16.2. The van der Waals surface area contributed by atoms with Gasteiger partial charge in [0.05, 0.1) is 5.69 Å². The average Bonchev–Trinajstić information content (AvgIpc) is 2.64. The van der Waals surface area contributed by atoms with Crippen molar-refractivity contribution in [3.63, 3.8) is 0 Å². The molecule has 3 N–H and O–H groups in total. The summed E-state index contributed by atoms with van der Waals surface area (Å²) in [5, 5.41) is 7.78. The van der Waals surface area contributed by atoms with Crippen LogP contribution in [0.5, 0.6) is 0 Å². The lowest BCUT2D eigenvalue weighted by Gasteiger charge is -2.32. The summed E-state index contributed by atoms with van der Waals surface area (Å²) in [6.07, 6.45) is 0. The molecule has 1 aliphatic rings. The Labute approximate surface area is 167 Å². The molecular weight excluding hydrogens is 372 g/mol. The third-order valence-corrected chi connectivity index (χ3v) is 4.38. The zero-order chi connectivity index (χ0) is 21.1. The van der Waals surface area contributed by atoms with E-state index in [0.29, 0.717) is 17.1 Å². The second kappa shape index (κ2) is 7.97. The normalized spacial score (nSPS) is 16.3. The monoisotopic (exact) mass is 392 g/mol. The molecule has 0 saturated carbocycles. The summed E-state index contributed by atoms with van der Waals surface area (Å²) in [5.74, 6) is -2.89. The van der Waals surface area contributed by atoms with E-state index in [0.717, 1.165) is 10.5 Å². The van der Waals surface area contributed by atoms with Gasteiger partial charge in [0.25, 0.3) is 5.91 Å². The number of para-hydroxylation sites is 1. The number of imide groups is 2. The first-order chi connectivity index (χ1) is 13.8. The van der Waals surface area contributed by atoms with Crippen LogP contribution in [0.4, 0.5) is 21.9 Å². The zero-order valence-electron chi connectivity index (χ0n) is 16.0. The Kier molecular flexibility index (Phi) is 5.45. The van der Waals surface area contributed by atoms with Crippen LogP contribution in [0, 0.1) is 12.8 Å². The highest BCUT2D eigenvalue weighted by molar-refractivity contribution is 6.29. The lowest BCUT2D eigenvalue weighted by Crippen LogP contribution is -2.59. The maximum atomic E-state index is 13.0. The van der Waals surface area contributed by atoms with Gasteiger partial charge in [-0.25, -0.2) is 9.69 Å². The maximum Gasteiger partial charge on any atom is 0.335 e. The molecule has 0 aromatic heterocycles. The van der Waals surface area contributed by atoms with E-state index in [-0.39, 0.29) is 11.6 Å². The van der Waals surface area contributed by atoms with Crippen LogP contribution in [0.1, 0.15) is 12.5 Å². The van der Waals surface area contributed by atoms with E-state index in [4.69, 9.17) is 0 Å². The molecule has 1 atom stereocenters. The molecule has 0 spiro atoms. The van der Waals surface area contributed by atoms with Gasteiger partial charge in [-0.05, 0) is 42.8 Å². The molecule has 148 valence electrons.